The van der Waals surface area contributed by atoms with Crippen LogP contribution in [-0.4, -0.2) is 22.9 Å². The van der Waals surface area contributed by atoms with E-state index in [4.69, 9.17) is 5.11 Å². The van der Waals surface area contributed by atoms with Crippen molar-refractivity contribution in [3.8, 4) is 0 Å². The van der Waals surface area contributed by atoms with Crippen LogP contribution in [0.15, 0.2) is 24.3 Å². The summed E-state index contributed by atoms with van der Waals surface area (Å²) in [5, 5.41) is 13.8. The molecule has 3 N–H and O–H groups in total. The fourth-order valence-corrected chi connectivity index (χ4v) is 1.37. The lowest BCUT2D eigenvalue weighted by molar-refractivity contribution is -0.138. The van der Waals surface area contributed by atoms with E-state index in [1.807, 2.05) is 0 Å². The van der Waals surface area contributed by atoms with Gasteiger partial charge in [0.25, 0.3) is 0 Å². The molecule has 1 rings (SSSR count). The molecule has 0 atom stereocenters. The molecule has 1 aromatic carbocycles. The van der Waals surface area contributed by atoms with Crippen molar-refractivity contribution in [2.45, 2.75) is 26.7 Å². The van der Waals surface area contributed by atoms with Gasteiger partial charge in [-0.1, -0.05) is 13.8 Å². The predicted molar refractivity (Wildman–Crippen MR) is 75.4 cm³/mol. The van der Waals surface area contributed by atoms with Gasteiger partial charge < -0.3 is 15.7 Å². The molecule has 0 aromatic heterocycles. The Kier molecular flexibility index (Phi) is 5.71. The van der Waals surface area contributed by atoms with Gasteiger partial charge in [0.1, 0.15) is 0 Å². The zero-order valence-corrected chi connectivity index (χ0v) is 11.5. The Labute approximate surface area is 117 Å². The average molecular weight is 278 g/mol. The number of hydrogen-bond acceptors (Lipinski definition) is 3. The largest absolute Gasteiger partial charge is 0.481 e. The van der Waals surface area contributed by atoms with E-state index in [0.717, 1.165) is 0 Å². The standard InChI is InChI=1S/C14H18N2O4/c1-9(2)14(20)16-11-5-3-10(4-6-11)15-12(17)7-8-13(18)19/h3-6,9H,7-8H2,1-2H3,(H,15,17)(H,16,20)(H,18,19). The first-order valence-electron chi connectivity index (χ1n) is 6.31. The number of aliphatic carboxylic acids is 1. The predicted octanol–water partition coefficient (Wildman–Crippen LogP) is 2.08. The van der Waals surface area contributed by atoms with Crippen LogP contribution in [0.2, 0.25) is 0 Å². The number of amides is 2. The number of benzene rings is 1. The maximum Gasteiger partial charge on any atom is 0.303 e. The number of nitrogens with one attached hydrogen (secondary N) is 2. The molecule has 108 valence electrons. The lowest BCUT2D eigenvalue weighted by atomic mass is 10.2. The lowest BCUT2D eigenvalue weighted by Crippen LogP contribution is -2.17. The van der Waals surface area contributed by atoms with Crippen LogP contribution in [0.5, 0.6) is 0 Å². The topological polar surface area (TPSA) is 95.5 Å². The molecule has 2 amide bonds. The summed E-state index contributed by atoms with van der Waals surface area (Å²) < 4.78 is 0. The highest BCUT2D eigenvalue weighted by Gasteiger charge is 2.08. The van der Waals surface area contributed by atoms with Crippen molar-refractivity contribution in [1.82, 2.24) is 0 Å². The molecule has 0 aliphatic heterocycles. The molecule has 0 saturated carbocycles. The van der Waals surface area contributed by atoms with Gasteiger partial charge in [-0.05, 0) is 24.3 Å². The van der Waals surface area contributed by atoms with Crippen LogP contribution < -0.4 is 10.6 Å². The van der Waals surface area contributed by atoms with E-state index in [9.17, 15) is 14.4 Å². The zero-order chi connectivity index (χ0) is 15.1. The maximum absolute atomic E-state index is 11.5. The molecule has 6 nitrogen and oxygen atoms in total. The van der Waals surface area contributed by atoms with Crippen LogP contribution in [0.3, 0.4) is 0 Å². The van der Waals surface area contributed by atoms with Gasteiger partial charge in [0.05, 0.1) is 6.42 Å². The van der Waals surface area contributed by atoms with E-state index in [1.54, 1.807) is 38.1 Å². The van der Waals surface area contributed by atoms with Gasteiger partial charge in [0, 0.05) is 23.7 Å². The molecule has 0 spiro atoms. The van der Waals surface area contributed by atoms with Crippen LogP contribution in [0, 0.1) is 5.92 Å². The Hall–Kier alpha value is -2.37. The van der Waals surface area contributed by atoms with Crippen molar-refractivity contribution in [1.29, 1.82) is 0 Å². The number of carbonyl (C=O) groups excluding carboxylic acids is 2. The van der Waals surface area contributed by atoms with E-state index in [2.05, 4.69) is 10.6 Å². The van der Waals surface area contributed by atoms with Gasteiger partial charge in [0.15, 0.2) is 0 Å². The summed E-state index contributed by atoms with van der Waals surface area (Å²) in [5.74, 6) is -1.55. The number of anilines is 2. The molecule has 20 heavy (non-hydrogen) atoms. The van der Waals surface area contributed by atoms with E-state index < -0.39 is 5.97 Å². The Bertz CT molecular complexity index is 494. The third kappa shape index (κ3) is 5.51. The Morgan fingerprint density at radius 2 is 1.50 bits per heavy atom. The Balaban J connectivity index is 2.52. The molecule has 0 bridgehead atoms. The second kappa shape index (κ2) is 7.28. The van der Waals surface area contributed by atoms with Crippen molar-refractivity contribution in [3.63, 3.8) is 0 Å². The van der Waals surface area contributed by atoms with Crippen molar-refractivity contribution < 1.29 is 19.5 Å². The van der Waals surface area contributed by atoms with E-state index in [0.29, 0.717) is 11.4 Å². The zero-order valence-electron chi connectivity index (χ0n) is 11.5. The van der Waals surface area contributed by atoms with E-state index in [-0.39, 0.29) is 30.6 Å². The van der Waals surface area contributed by atoms with Crippen LogP contribution in [0.1, 0.15) is 26.7 Å². The van der Waals surface area contributed by atoms with Gasteiger partial charge >= 0.3 is 5.97 Å². The first-order valence-corrected chi connectivity index (χ1v) is 6.31. The molecule has 0 radical (unpaired) electrons. The molecular formula is C14H18N2O4. The maximum atomic E-state index is 11.5. The Morgan fingerprint density at radius 3 is 1.95 bits per heavy atom. The van der Waals surface area contributed by atoms with Crippen LogP contribution in [0.4, 0.5) is 11.4 Å². The fourth-order valence-electron chi connectivity index (χ4n) is 1.37. The molecule has 0 heterocycles. The summed E-state index contributed by atoms with van der Waals surface area (Å²) in [6, 6.07) is 6.64. The number of carboxylic acids is 1. The molecule has 6 heteroatoms. The third-order valence-corrected chi connectivity index (χ3v) is 2.53. The smallest absolute Gasteiger partial charge is 0.303 e. The van der Waals surface area contributed by atoms with Gasteiger partial charge in [-0.3, -0.25) is 14.4 Å². The summed E-state index contributed by atoms with van der Waals surface area (Å²) in [7, 11) is 0. The SMILES string of the molecule is CC(C)C(=O)Nc1ccc(NC(=O)CCC(=O)O)cc1. The number of rotatable bonds is 6. The number of carbonyl (C=O) groups is 3. The van der Waals surface area contributed by atoms with Crippen LogP contribution in [-0.2, 0) is 14.4 Å². The normalized spacial score (nSPS) is 10.2. The highest BCUT2D eigenvalue weighted by Crippen LogP contribution is 2.14. The van der Waals surface area contributed by atoms with Crippen LogP contribution in [0.25, 0.3) is 0 Å². The molecule has 1 aromatic rings. The lowest BCUT2D eigenvalue weighted by Gasteiger charge is -2.09. The highest BCUT2D eigenvalue weighted by atomic mass is 16.4. The monoisotopic (exact) mass is 278 g/mol. The first kappa shape index (κ1) is 15.7. The summed E-state index contributed by atoms with van der Waals surface area (Å²) in [6.45, 7) is 3.60. The van der Waals surface area contributed by atoms with Crippen molar-refractivity contribution in [3.05, 3.63) is 24.3 Å². The van der Waals surface area contributed by atoms with E-state index in [1.165, 1.54) is 0 Å². The third-order valence-electron chi connectivity index (χ3n) is 2.53. The average Bonchev–Trinajstić information content (AvgIpc) is 2.38. The summed E-state index contributed by atoms with van der Waals surface area (Å²) >= 11 is 0. The van der Waals surface area contributed by atoms with Crippen molar-refractivity contribution in [2.24, 2.45) is 5.92 Å². The quantitative estimate of drug-likeness (QED) is 0.742. The fraction of sp³-hybridized carbons (Fsp3) is 0.357. The molecule has 0 fully saturated rings. The second-order valence-electron chi connectivity index (χ2n) is 4.66. The minimum absolute atomic E-state index is 0.0683. The van der Waals surface area contributed by atoms with Gasteiger partial charge in [-0.25, -0.2) is 0 Å². The molecule has 0 aliphatic carbocycles. The van der Waals surface area contributed by atoms with Gasteiger partial charge in [-0.15, -0.1) is 0 Å². The summed E-state index contributed by atoms with van der Waals surface area (Å²) in [5.41, 5.74) is 1.20. The Morgan fingerprint density at radius 1 is 1.00 bits per heavy atom. The van der Waals surface area contributed by atoms with Crippen molar-refractivity contribution in [2.75, 3.05) is 10.6 Å². The molecule has 0 unspecified atom stereocenters. The highest BCUT2D eigenvalue weighted by molar-refractivity contribution is 5.94. The summed E-state index contributed by atoms with van der Waals surface area (Å²) in [6.07, 6.45) is -0.268. The number of hydrogen-bond donors (Lipinski definition) is 3. The van der Waals surface area contributed by atoms with Crippen molar-refractivity contribution >= 4 is 29.2 Å². The van der Waals surface area contributed by atoms with E-state index >= 15 is 0 Å². The minimum atomic E-state index is -1.01. The van der Waals surface area contributed by atoms with Gasteiger partial charge in [-0.2, -0.15) is 0 Å². The second-order valence-corrected chi connectivity index (χ2v) is 4.66. The molecule has 0 aliphatic rings. The van der Waals surface area contributed by atoms with Gasteiger partial charge in [0.2, 0.25) is 11.8 Å². The number of carboxylic acid groups (broad SMARTS) is 1. The molecular weight excluding hydrogens is 260 g/mol. The first-order chi connectivity index (χ1) is 9.38. The van der Waals surface area contributed by atoms with Crippen LogP contribution >= 0.6 is 0 Å². The molecule has 0 saturated heterocycles. The summed E-state index contributed by atoms with van der Waals surface area (Å²) in [4.78, 5) is 33.3. The minimum Gasteiger partial charge on any atom is -0.481 e.